The van der Waals surface area contributed by atoms with Gasteiger partial charge in [-0.25, -0.2) is 0 Å². The Bertz CT molecular complexity index is 771. The fourth-order valence-electron chi connectivity index (χ4n) is 2.00. The second-order valence-electron chi connectivity index (χ2n) is 4.83. The summed E-state index contributed by atoms with van der Waals surface area (Å²) in [5, 5.41) is 9.33. The Hall–Kier alpha value is -2.41. The molecule has 7 heteroatoms. The number of furan rings is 1. The van der Waals surface area contributed by atoms with E-state index in [1.54, 1.807) is 12.1 Å². The summed E-state index contributed by atoms with van der Waals surface area (Å²) in [6, 6.07) is 5.14. The predicted molar refractivity (Wildman–Crippen MR) is 76.2 cm³/mol. The van der Waals surface area contributed by atoms with E-state index in [1.807, 2.05) is 11.4 Å². The number of carbonyl (C=O) groups excluding carboxylic acids is 1. The van der Waals surface area contributed by atoms with Gasteiger partial charge in [0, 0.05) is 5.92 Å². The van der Waals surface area contributed by atoms with Crippen LogP contribution >= 0.6 is 11.3 Å². The molecule has 3 aromatic heterocycles. The average Bonchev–Trinajstić information content (AvgIpc) is 2.95. The van der Waals surface area contributed by atoms with Crippen LogP contribution in [0.5, 0.6) is 0 Å². The average molecular weight is 301 g/mol. The van der Waals surface area contributed by atoms with Crippen LogP contribution in [-0.2, 0) is 0 Å². The Morgan fingerprint density at radius 1 is 1.38 bits per heavy atom. The van der Waals surface area contributed by atoms with Crippen molar-refractivity contribution in [3.05, 3.63) is 41.4 Å². The monoisotopic (exact) mass is 301 g/mol. The van der Waals surface area contributed by atoms with Crippen LogP contribution in [0.4, 0.5) is 5.00 Å². The van der Waals surface area contributed by atoms with Crippen LogP contribution < -0.4 is 5.32 Å². The molecule has 1 amide bonds. The van der Waals surface area contributed by atoms with E-state index in [4.69, 9.17) is 8.94 Å². The topological polar surface area (TPSA) is 81.2 Å². The lowest BCUT2D eigenvalue weighted by molar-refractivity contribution is 0.0997. The van der Waals surface area contributed by atoms with Crippen molar-refractivity contribution in [2.24, 2.45) is 0 Å². The SMILES string of the molecule is O=C(Nc1sccc1-c1nc(C2CC2)no1)c1ccco1. The lowest BCUT2D eigenvalue weighted by Gasteiger charge is -2.01. The fraction of sp³-hybridized carbons (Fsp3) is 0.214. The Balaban J connectivity index is 1.59. The van der Waals surface area contributed by atoms with Gasteiger partial charge in [0.25, 0.3) is 11.8 Å². The van der Waals surface area contributed by atoms with E-state index in [2.05, 4.69) is 15.5 Å². The number of nitrogens with one attached hydrogen (secondary N) is 1. The minimum Gasteiger partial charge on any atom is -0.459 e. The smallest absolute Gasteiger partial charge is 0.291 e. The first-order chi connectivity index (χ1) is 10.3. The van der Waals surface area contributed by atoms with E-state index in [0.717, 1.165) is 24.2 Å². The van der Waals surface area contributed by atoms with Crippen molar-refractivity contribution in [1.29, 1.82) is 0 Å². The van der Waals surface area contributed by atoms with E-state index in [0.29, 0.717) is 16.8 Å². The molecule has 21 heavy (non-hydrogen) atoms. The Labute approximate surface area is 123 Å². The van der Waals surface area contributed by atoms with Crippen molar-refractivity contribution in [3.63, 3.8) is 0 Å². The zero-order valence-electron chi connectivity index (χ0n) is 10.9. The molecule has 0 aromatic carbocycles. The molecule has 0 atom stereocenters. The van der Waals surface area contributed by atoms with Crippen LogP contribution in [0.25, 0.3) is 11.5 Å². The third-order valence-electron chi connectivity index (χ3n) is 3.25. The van der Waals surface area contributed by atoms with E-state index in [1.165, 1.54) is 17.6 Å². The van der Waals surface area contributed by atoms with Gasteiger partial charge in [0.05, 0.1) is 11.8 Å². The Kier molecular flexibility index (Phi) is 2.85. The normalized spacial score (nSPS) is 14.3. The van der Waals surface area contributed by atoms with Crippen molar-refractivity contribution in [2.45, 2.75) is 18.8 Å². The maximum atomic E-state index is 12.0. The summed E-state index contributed by atoms with van der Waals surface area (Å²) in [6.07, 6.45) is 3.69. The molecule has 0 bridgehead atoms. The van der Waals surface area contributed by atoms with Gasteiger partial charge in [-0.05, 0) is 36.4 Å². The summed E-state index contributed by atoms with van der Waals surface area (Å²) in [6.45, 7) is 0. The Morgan fingerprint density at radius 2 is 2.29 bits per heavy atom. The summed E-state index contributed by atoms with van der Waals surface area (Å²) in [4.78, 5) is 16.4. The minimum absolute atomic E-state index is 0.263. The van der Waals surface area contributed by atoms with Crippen LogP contribution in [0.15, 0.2) is 38.8 Å². The van der Waals surface area contributed by atoms with Gasteiger partial charge in [0.2, 0.25) is 0 Å². The molecular formula is C14H11N3O3S. The highest BCUT2D eigenvalue weighted by Gasteiger charge is 2.29. The predicted octanol–water partition coefficient (Wildman–Crippen LogP) is 3.52. The number of hydrogen-bond donors (Lipinski definition) is 1. The maximum absolute atomic E-state index is 12.0. The summed E-state index contributed by atoms with van der Waals surface area (Å²) in [5.74, 6) is 1.58. The standard InChI is InChI=1S/C14H11N3O3S/c18-12(10-2-1-6-19-10)16-14-9(5-7-21-14)13-15-11(17-20-13)8-3-4-8/h1-2,5-8H,3-4H2,(H,16,18). The molecule has 0 spiro atoms. The Morgan fingerprint density at radius 3 is 3.05 bits per heavy atom. The number of thiophene rings is 1. The number of carbonyl (C=O) groups is 1. The lowest BCUT2D eigenvalue weighted by atomic mass is 10.3. The van der Waals surface area contributed by atoms with Crippen LogP contribution in [0.1, 0.15) is 35.1 Å². The number of amides is 1. The molecule has 3 heterocycles. The van der Waals surface area contributed by atoms with Crippen molar-refractivity contribution >= 4 is 22.2 Å². The van der Waals surface area contributed by atoms with E-state index < -0.39 is 0 Å². The molecule has 1 aliphatic rings. The summed E-state index contributed by atoms with van der Waals surface area (Å²) in [5.41, 5.74) is 0.735. The molecule has 0 aliphatic heterocycles. The summed E-state index contributed by atoms with van der Waals surface area (Å²) < 4.78 is 10.4. The van der Waals surface area contributed by atoms with Crippen LogP contribution in [0, 0.1) is 0 Å². The van der Waals surface area contributed by atoms with E-state index >= 15 is 0 Å². The van der Waals surface area contributed by atoms with Gasteiger partial charge in [0.1, 0.15) is 5.00 Å². The zero-order valence-corrected chi connectivity index (χ0v) is 11.7. The van der Waals surface area contributed by atoms with Gasteiger partial charge >= 0.3 is 0 Å². The first-order valence-electron chi connectivity index (χ1n) is 6.57. The molecule has 0 unspecified atom stereocenters. The first kappa shape index (κ1) is 12.3. The van der Waals surface area contributed by atoms with Crippen LogP contribution in [0.2, 0.25) is 0 Å². The van der Waals surface area contributed by atoms with Gasteiger partial charge < -0.3 is 14.3 Å². The first-order valence-corrected chi connectivity index (χ1v) is 7.45. The minimum atomic E-state index is -0.300. The molecule has 3 aromatic rings. The molecule has 1 N–H and O–H groups in total. The molecule has 1 aliphatic carbocycles. The van der Waals surface area contributed by atoms with Crippen molar-refractivity contribution in [1.82, 2.24) is 10.1 Å². The second-order valence-corrected chi connectivity index (χ2v) is 5.74. The molecule has 0 radical (unpaired) electrons. The largest absolute Gasteiger partial charge is 0.459 e. The maximum Gasteiger partial charge on any atom is 0.291 e. The fourth-order valence-corrected chi connectivity index (χ4v) is 2.77. The van der Waals surface area contributed by atoms with Gasteiger partial charge in [-0.1, -0.05) is 5.16 Å². The molecule has 4 rings (SSSR count). The van der Waals surface area contributed by atoms with Gasteiger partial charge in [0.15, 0.2) is 11.6 Å². The summed E-state index contributed by atoms with van der Waals surface area (Å²) in [7, 11) is 0. The van der Waals surface area contributed by atoms with Crippen LogP contribution in [-0.4, -0.2) is 16.0 Å². The lowest BCUT2D eigenvalue weighted by Crippen LogP contribution is -2.10. The number of rotatable bonds is 4. The quantitative estimate of drug-likeness (QED) is 0.797. The number of nitrogens with zero attached hydrogens (tertiary/aromatic N) is 2. The molecule has 1 fully saturated rings. The second kappa shape index (κ2) is 4.85. The number of hydrogen-bond acceptors (Lipinski definition) is 6. The molecule has 6 nitrogen and oxygen atoms in total. The third-order valence-corrected chi connectivity index (χ3v) is 4.08. The molecular weight excluding hydrogens is 290 g/mol. The third kappa shape index (κ3) is 2.36. The summed E-state index contributed by atoms with van der Waals surface area (Å²) >= 11 is 1.40. The molecule has 106 valence electrons. The highest BCUT2D eigenvalue weighted by molar-refractivity contribution is 7.15. The van der Waals surface area contributed by atoms with Crippen molar-refractivity contribution < 1.29 is 13.7 Å². The zero-order chi connectivity index (χ0) is 14.2. The van der Waals surface area contributed by atoms with Crippen LogP contribution in [0.3, 0.4) is 0 Å². The van der Waals surface area contributed by atoms with E-state index in [-0.39, 0.29) is 11.7 Å². The van der Waals surface area contributed by atoms with E-state index in [9.17, 15) is 4.79 Å². The van der Waals surface area contributed by atoms with Gasteiger partial charge in [-0.2, -0.15) is 4.98 Å². The number of anilines is 1. The molecule has 1 saturated carbocycles. The highest BCUT2D eigenvalue weighted by Crippen LogP contribution is 2.40. The number of aromatic nitrogens is 2. The van der Waals surface area contributed by atoms with Gasteiger partial charge in [-0.3, -0.25) is 4.79 Å². The van der Waals surface area contributed by atoms with Crippen molar-refractivity contribution in [3.8, 4) is 11.5 Å². The van der Waals surface area contributed by atoms with Gasteiger partial charge in [-0.15, -0.1) is 11.3 Å². The van der Waals surface area contributed by atoms with Crippen molar-refractivity contribution in [2.75, 3.05) is 5.32 Å². The molecule has 0 saturated heterocycles. The highest BCUT2D eigenvalue weighted by atomic mass is 32.1.